The Hall–Kier alpha value is -2.44. The predicted molar refractivity (Wildman–Crippen MR) is 102 cm³/mol. The minimum absolute atomic E-state index is 0.189. The second kappa shape index (κ2) is 8.29. The molecule has 2 aromatic rings. The van der Waals surface area contributed by atoms with Crippen molar-refractivity contribution in [3.63, 3.8) is 0 Å². The fourth-order valence-electron chi connectivity index (χ4n) is 2.15. The van der Waals surface area contributed by atoms with E-state index in [0.29, 0.717) is 33.2 Å². The number of ether oxygens (including phenoxy) is 1. The summed E-state index contributed by atoms with van der Waals surface area (Å²) in [6.45, 7) is -0.189. The van der Waals surface area contributed by atoms with E-state index in [-0.39, 0.29) is 18.5 Å². The van der Waals surface area contributed by atoms with Gasteiger partial charge in [-0.3, -0.25) is 4.79 Å². The second-order valence-electron chi connectivity index (χ2n) is 5.86. The molecule has 1 fully saturated rings. The molecule has 0 aliphatic heterocycles. The number of rotatable bonds is 6. The van der Waals surface area contributed by atoms with Crippen LogP contribution >= 0.6 is 23.2 Å². The second-order valence-corrected chi connectivity index (χ2v) is 6.71. The number of carbonyl (C=O) groups is 2. The van der Waals surface area contributed by atoms with Crippen molar-refractivity contribution in [1.82, 2.24) is 5.32 Å². The molecule has 2 aromatic carbocycles. The number of hydrogen-bond donors (Lipinski definition) is 3. The number of benzene rings is 2. The molecule has 1 aliphatic rings. The smallest absolute Gasteiger partial charge is 0.319 e. The molecular weight excluding hydrogens is 377 g/mol. The van der Waals surface area contributed by atoms with Gasteiger partial charge in [-0.1, -0.05) is 23.2 Å². The normalized spacial score (nSPS) is 13.0. The molecular formula is C18H17Cl2N3O3. The van der Waals surface area contributed by atoms with Gasteiger partial charge in [-0.15, -0.1) is 0 Å². The molecule has 0 radical (unpaired) electrons. The maximum Gasteiger partial charge on any atom is 0.319 e. The zero-order valence-electron chi connectivity index (χ0n) is 13.7. The Labute approximate surface area is 160 Å². The van der Waals surface area contributed by atoms with Gasteiger partial charge in [-0.25, -0.2) is 4.79 Å². The zero-order valence-corrected chi connectivity index (χ0v) is 15.2. The Morgan fingerprint density at radius 3 is 2.27 bits per heavy atom. The Morgan fingerprint density at radius 1 is 1.00 bits per heavy atom. The van der Waals surface area contributed by atoms with Gasteiger partial charge in [0.05, 0.1) is 5.02 Å². The number of amides is 3. The van der Waals surface area contributed by atoms with Crippen LogP contribution in [-0.4, -0.2) is 24.6 Å². The Bertz CT molecular complexity index is 808. The molecule has 0 atom stereocenters. The monoisotopic (exact) mass is 393 g/mol. The van der Waals surface area contributed by atoms with Crippen LogP contribution < -0.4 is 20.7 Å². The van der Waals surface area contributed by atoms with Crippen LogP contribution in [0.3, 0.4) is 0 Å². The zero-order chi connectivity index (χ0) is 18.5. The van der Waals surface area contributed by atoms with Gasteiger partial charge >= 0.3 is 6.03 Å². The van der Waals surface area contributed by atoms with E-state index in [1.165, 1.54) is 0 Å². The van der Waals surface area contributed by atoms with E-state index in [0.717, 1.165) is 12.8 Å². The molecule has 3 N–H and O–H groups in total. The van der Waals surface area contributed by atoms with Crippen molar-refractivity contribution >= 4 is 46.5 Å². The van der Waals surface area contributed by atoms with E-state index in [4.69, 9.17) is 27.9 Å². The van der Waals surface area contributed by atoms with Gasteiger partial charge in [-0.05, 0) is 55.3 Å². The van der Waals surface area contributed by atoms with Crippen LogP contribution in [0.25, 0.3) is 0 Å². The van der Waals surface area contributed by atoms with E-state index < -0.39 is 0 Å². The molecule has 8 heteroatoms. The quantitative estimate of drug-likeness (QED) is 0.684. The number of urea groups is 1. The van der Waals surface area contributed by atoms with E-state index in [2.05, 4.69) is 16.0 Å². The molecule has 26 heavy (non-hydrogen) atoms. The average molecular weight is 394 g/mol. The Kier molecular flexibility index (Phi) is 5.85. The van der Waals surface area contributed by atoms with Crippen molar-refractivity contribution in [2.24, 2.45) is 0 Å². The van der Waals surface area contributed by atoms with Gasteiger partial charge in [0.2, 0.25) is 0 Å². The van der Waals surface area contributed by atoms with Crippen LogP contribution in [0, 0.1) is 0 Å². The van der Waals surface area contributed by atoms with E-state index in [9.17, 15) is 9.59 Å². The first-order valence-electron chi connectivity index (χ1n) is 8.05. The van der Waals surface area contributed by atoms with Gasteiger partial charge < -0.3 is 20.7 Å². The molecule has 0 saturated heterocycles. The van der Waals surface area contributed by atoms with Gasteiger partial charge in [-0.2, -0.15) is 0 Å². The highest BCUT2D eigenvalue weighted by molar-refractivity contribution is 6.35. The van der Waals surface area contributed by atoms with Crippen LogP contribution in [0.4, 0.5) is 16.2 Å². The lowest BCUT2D eigenvalue weighted by Gasteiger charge is -2.10. The summed E-state index contributed by atoms with van der Waals surface area (Å²) in [4.78, 5) is 23.6. The fraction of sp³-hybridized carbons (Fsp3) is 0.222. The average Bonchev–Trinajstić information content (AvgIpc) is 3.39. The van der Waals surface area contributed by atoms with Crippen molar-refractivity contribution in [1.29, 1.82) is 0 Å². The van der Waals surface area contributed by atoms with Gasteiger partial charge in [0.15, 0.2) is 6.61 Å². The predicted octanol–water partition coefficient (Wildman–Crippen LogP) is 4.29. The molecule has 136 valence electrons. The number of carbonyl (C=O) groups excluding carboxylic acids is 2. The first-order chi connectivity index (χ1) is 12.5. The fourth-order valence-corrected chi connectivity index (χ4v) is 2.61. The van der Waals surface area contributed by atoms with E-state index in [1.54, 1.807) is 42.5 Å². The van der Waals surface area contributed by atoms with Crippen molar-refractivity contribution in [3.05, 3.63) is 52.5 Å². The van der Waals surface area contributed by atoms with Gasteiger partial charge in [0.25, 0.3) is 5.91 Å². The summed E-state index contributed by atoms with van der Waals surface area (Å²) in [5.41, 5.74) is 1.24. The van der Waals surface area contributed by atoms with Gasteiger partial charge in [0.1, 0.15) is 5.75 Å². The number of hydrogen-bond acceptors (Lipinski definition) is 3. The van der Waals surface area contributed by atoms with Gasteiger partial charge in [0, 0.05) is 22.4 Å². The first kappa shape index (κ1) is 18.4. The number of halogens is 2. The number of anilines is 2. The highest BCUT2D eigenvalue weighted by Gasteiger charge is 2.23. The van der Waals surface area contributed by atoms with Crippen LogP contribution in [0.2, 0.25) is 10.0 Å². The highest BCUT2D eigenvalue weighted by atomic mass is 35.5. The number of nitrogens with one attached hydrogen (secondary N) is 3. The SMILES string of the molecule is O=C(COc1ccc(Cl)cc1Cl)Nc1ccc(NC(=O)NC2CC2)cc1. The first-order valence-corrected chi connectivity index (χ1v) is 8.80. The summed E-state index contributed by atoms with van der Waals surface area (Å²) < 4.78 is 5.38. The third-order valence-electron chi connectivity index (χ3n) is 3.59. The molecule has 6 nitrogen and oxygen atoms in total. The van der Waals surface area contributed by atoms with E-state index >= 15 is 0 Å². The summed E-state index contributed by atoms with van der Waals surface area (Å²) >= 11 is 11.8. The summed E-state index contributed by atoms with van der Waals surface area (Å²) in [6, 6.07) is 11.6. The van der Waals surface area contributed by atoms with Crippen molar-refractivity contribution in [2.45, 2.75) is 18.9 Å². The molecule has 3 rings (SSSR count). The molecule has 1 aliphatic carbocycles. The van der Waals surface area contributed by atoms with Crippen molar-refractivity contribution in [2.75, 3.05) is 17.2 Å². The third kappa shape index (κ3) is 5.54. The lowest BCUT2D eigenvalue weighted by atomic mass is 10.3. The molecule has 1 saturated carbocycles. The maximum absolute atomic E-state index is 12.0. The maximum atomic E-state index is 12.0. The van der Waals surface area contributed by atoms with Crippen LogP contribution in [-0.2, 0) is 4.79 Å². The third-order valence-corrected chi connectivity index (χ3v) is 4.12. The van der Waals surface area contributed by atoms with Crippen LogP contribution in [0.15, 0.2) is 42.5 Å². The largest absolute Gasteiger partial charge is 0.482 e. The standard InChI is InChI=1S/C18H17Cl2N3O3/c19-11-1-8-16(15(20)9-11)26-10-17(24)21-12-2-4-13(5-3-12)22-18(25)23-14-6-7-14/h1-5,8-9,14H,6-7,10H2,(H,21,24)(H2,22,23,25). The molecule has 0 aromatic heterocycles. The van der Waals surface area contributed by atoms with Crippen molar-refractivity contribution in [3.8, 4) is 5.75 Å². The minimum Gasteiger partial charge on any atom is -0.482 e. The Balaban J connectivity index is 1.46. The lowest BCUT2D eigenvalue weighted by Crippen LogP contribution is -2.30. The van der Waals surface area contributed by atoms with Crippen molar-refractivity contribution < 1.29 is 14.3 Å². The summed E-state index contributed by atoms with van der Waals surface area (Å²) in [5, 5.41) is 9.11. The molecule has 0 unspecified atom stereocenters. The van der Waals surface area contributed by atoms with Crippen LogP contribution in [0.1, 0.15) is 12.8 Å². The van der Waals surface area contributed by atoms with Crippen LogP contribution in [0.5, 0.6) is 5.75 Å². The summed E-state index contributed by atoms with van der Waals surface area (Å²) in [7, 11) is 0. The van der Waals surface area contributed by atoms with E-state index in [1.807, 2.05) is 0 Å². The topological polar surface area (TPSA) is 79.5 Å². The summed E-state index contributed by atoms with van der Waals surface area (Å²) in [6.07, 6.45) is 2.06. The molecule has 0 spiro atoms. The Morgan fingerprint density at radius 2 is 1.65 bits per heavy atom. The highest BCUT2D eigenvalue weighted by Crippen LogP contribution is 2.27. The minimum atomic E-state index is -0.330. The molecule has 3 amide bonds. The lowest BCUT2D eigenvalue weighted by molar-refractivity contribution is -0.118. The summed E-state index contributed by atoms with van der Waals surface area (Å²) in [5.74, 6) is 0.0515. The molecule has 0 heterocycles. The molecule has 0 bridgehead atoms.